The van der Waals surface area contributed by atoms with Gasteiger partial charge in [0.25, 0.3) is 11.5 Å². The second-order valence-electron chi connectivity index (χ2n) is 8.59. The average Bonchev–Trinajstić information content (AvgIpc) is 3.24. The summed E-state index contributed by atoms with van der Waals surface area (Å²) in [5.74, 6) is 1.33. The first-order valence-corrected chi connectivity index (χ1v) is 11.5. The zero-order valence-electron chi connectivity index (χ0n) is 18.7. The number of aryl methyl sites for hydroxylation is 2. The summed E-state index contributed by atoms with van der Waals surface area (Å²) in [7, 11) is 1.91. The lowest BCUT2D eigenvalue weighted by Gasteiger charge is -2.19. The number of aromatic nitrogens is 4. The van der Waals surface area contributed by atoms with Crippen LogP contribution in [0.3, 0.4) is 0 Å². The molecule has 0 bridgehead atoms. The number of imidazole rings is 1. The third-order valence-corrected chi connectivity index (χ3v) is 6.35. The highest BCUT2D eigenvalue weighted by Gasteiger charge is 2.22. The van der Waals surface area contributed by atoms with Crippen molar-refractivity contribution >= 4 is 16.8 Å². The number of nitrogens with one attached hydrogen (secondary N) is 1. The molecule has 0 aliphatic carbocycles. The van der Waals surface area contributed by atoms with E-state index in [1.54, 1.807) is 24.4 Å². The number of hydrogen-bond acceptors (Lipinski definition) is 4. The highest BCUT2D eigenvalue weighted by atomic mass is 16.1. The first kappa shape index (κ1) is 21.1. The lowest BCUT2D eigenvalue weighted by molar-refractivity contribution is 0.0941. The Hall–Kier alpha value is -3.74. The molecule has 33 heavy (non-hydrogen) atoms. The summed E-state index contributed by atoms with van der Waals surface area (Å²) in [6, 6.07) is 14.5. The normalized spacial score (nSPS) is 14.8. The van der Waals surface area contributed by atoms with Crippen molar-refractivity contribution in [2.75, 3.05) is 0 Å². The van der Waals surface area contributed by atoms with Crippen molar-refractivity contribution in [2.24, 2.45) is 7.05 Å². The van der Waals surface area contributed by atoms with Gasteiger partial charge < -0.3 is 9.88 Å². The maximum atomic E-state index is 13.3. The van der Waals surface area contributed by atoms with Crippen LogP contribution in [0.15, 0.2) is 65.7 Å². The third kappa shape index (κ3) is 4.18. The molecular weight excluding hydrogens is 414 g/mol. The topological polar surface area (TPSA) is 81.8 Å². The smallest absolute Gasteiger partial charge is 0.261 e. The molecule has 0 fully saturated rings. The standard InChI is InChI=1S/C26H27N5O2/c1-30-16-14-27-24(30)23(18-9-5-4-6-10-18)29-25(32)19-12-13-20-21(17-19)28-22-11-7-2-3-8-15-31(22)26(20)33/h4-6,9-10,12-14,16-17,23H,2-3,7-8,11,15H2,1H3,(H,29,32)/t23-/m0/s1. The lowest BCUT2D eigenvalue weighted by atomic mass is 10.0. The SMILES string of the molecule is Cn1ccnc1[C@@H](NC(=O)c1ccc2c(=O)n3c(nc2c1)CCCCCC3)c1ccccc1. The quantitative estimate of drug-likeness (QED) is 0.523. The fourth-order valence-electron chi connectivity index (χ4n) is 4.55. The van der Waals surface area contributed by atoms with Gasteiger partial charge in [0.1, 0.15) is 17.7 Å². The third-order valence-electron chi connectivity index (χ3n) is 6.35. The van der Waals surface area contributed by atoms with Crippen LogP contribution in [0.2, 0.25) is 0 Å². The number of amides is 1. The van der Waals surface area contributed by atoms with E-state index in [1.807, 2.05) is 52.7 Å². The molecule has 1 amide bonds. The van der Waals surface area contributed by atoms with E-state index in [0.29, 0.717) is 23.0 Å². The van der Waals surface area contributed by atoms with Crippen molar-refractivity contribution in [3.63, 3.8) is 0 Å². The number of carbonyl (C=O) groups excluding carboxylic acids is 1. The van der Waals surface area contributed by atoms with Crippen molar-refractivity contribution in [2.45, 2.75) is 44.7 Å². The largest absolute Gasteiger partial charge is 0.338 e. The zero-order chi connectivity index (χ0) is 22.8. The van der Waals surface area contributed by atoms with Gasteiger partial charge in [-0.15, -0.1) is 0 Å². The monoisotopic (exact) mass is 441 g/mol. The molecule has 0 spiro atoms. The van der Waals surface area contributed by atoms with Gasteiger partial charge >= 0.3 is 0 Å². The van der Waals surface area contributed by atoms with E-state index in [0.717, 1.165) is 49.3 Å². The number of nitrogens with zero attached hydrogens (tertiary/aromatic N) is 4. The van der Waals surface area contributed by atoms with Crippen molar-refractivity contribution in [1.29, 1.82) is 0 Å². The lowest BCUT2D eigenvalue weighted by Crippen LogP contribution is -2.31. The number of benzene rings is 2. The molecular formula is C26H27N5O2. The Morgan fingerprint density at radius 3 is 2.67 bits per heavy atom. The fourth-order valence-corrected chi connectivity index (χ4v) is 4.55. The van der Waals surface area contributed by atoms with Crippen molar-refractivity contribution in [3.05, 3.63) is 94.1 Å². The molecule has 168 valence electrons. The van der Waals surface area contributed by atoms with Crippen molar-refractivity contribution in [1.82, 2.24) is 24.4 Å². The molecule has 2 aromatic carbocycles. The summed E-state index contributed by atoms with van der Waals surface area (Å²) in [6.07, 6.45) is 8.69. The molecule has 0 saturated heterocycles. The Morgan fingerprint density at radius 1 is 1.06 bits per heavy atom. The Labute approximate surface area is 192 Å². The van der Waals surface area contributed by atoms with Gasteiger partial charge in [-0.1, -0.05) is 43.2 Å². The van der Waals surface area contributed by atoms with E-state index in [9.17, 15) is 9.59 Å². The van der Waals surface area contributed by atoms with Crippen LogP contribution in [-0.4, -0.2) is 25.0 Å². The summed E-state index contributed by atoms with van der Waals surface area (Å²) in [4.78, 5) is 35.6. The van der Waals surface area contributed by atoms with Gasteiger partial charge in [0.2, 0.25) is 0 Å². The maximum absolute atomic E-state index is 13.3. The van der Waals surface area contributed by atoms with E-state index in [2.05, 4.69) is 10.3 Å². The van der Waals surface area contributed by atoms with Crippen molar-refractivity contribution in [3.8, 4) is 0 Å². The molecule has 3 heterocycles. The summed E-state index contributed by atoms with van der Waals surface area (Å²) in [5.41, 5.74) is 1.98. The van der Waals surface area contributed by atoms with Gasteiger partial charge in [-0.05, 0) is 36.6 Å². The fraction of sp³-hybridized carbons (Fsp3) is 0.308. The van der Waals surface area contributed by atoms with E-state index >= 15 is 0 Å². The van der Waals surface area contributed by atoms with Gasteiger partial charge in [0, 0.05) is 38.0 Å². The van der Waals surface area contributed by atoms with Crippen LogP contribution in [0.5, 0.6) is 0 Å². The first-order valence-electron chi connectivity index (χ1n) is 11.5. The van der Waals surface area contributed by atoms with Gasteiger partial charge in [0.05, 0.1) is 10.9 Å². The maximum Gasteiger partial charge on any atom is 0.261 e. The molecule has 1 N–H and O–H groups in total. The molecule has 1 atom stereocenters. The Kier molecular flexibility index (Phi) is 5.77. The van der Waals surface area contributed by atoms with E-state index < -0.39 is 6.04 Å². The molecule has 0 unspecified atom stereocenters. The van der Waals surface area contributed by atoms with Gasteiger partial charge in [0.15, 0.2) is 0 Å². The van der Waals surface area contributed by atoms with Crippen LogP contribution in [0.1, 0.15) is 59.3 Å². The first-order chi connectivity index (χ1) is 16.1. The van der Waals surface area contributed by atoms with Gasteiger partial charge in [-0.25, -0.2) is 9.97 Å². The minimum Gasteiger partial charge on any atom is -0.338 e. The summed E-state index contributed by atoms with van der Waals surface area (Å²) in [5, 5.41) is 3.67. The van der Waals surface area contributed by atoms with E-state index in [-0.39, 0.29) is 11.5 Å². The van der Waals surface area contributed by atoms with Crippen LogP contribution >= 0.6 is 0 Å². The molecule has 1 aliphatic rings. The minimum absolute atomic E-state index is 0.0148. The second-order valence-corrected chi connectivity index (χ2v) is 8.59. The Morgan fingerprint density at radius 2 is 1.88 bits per heavy atom. The Bertz CT molecular complexity index is 1360. The van der Waals surface area contributed by atoms with Crippen LogP contribution in [0, 0.1) is 0 Å². The van der Waals surface area contributed by atoms with E-state index in [4.69, 9.17) is 4.98 Å². The summed E-state index contributed by atoms with van der Waals surface area (Å²) in [6.45, 7) is 0.710. The highest BCUT2D eigenvalue weighted by Crippen LogP contribution is 2.22. The number of rotatable bonds is 4. The molecule has 0 radical (unpaired) electrons. The second kappa shape index (κ2) is 9.02. The molecule has 0 saturated carbocycles. The van der Waals surface area contributed by atoms with Crippen LogP contribution in [0.4, 0.5) is 0 Å². The van der Waals surface area contributed by atoms with Crippen molar-refractivity contribution < 1.29 is 4.79 Å². The Balaban J connectivity index is 1.50. The molecule has 5 rings (SSSR count). The van der Waals surface area contributed by atoms with Gasteiger partial charge in [-0.3, -0.25) is 14.2 Å². The molecule has 7 nitrogen and oxygen atoms in total. The summed E-state index contributed by atoms with van der Waals surface area (Å²) >= 11 is 0. The predicted molar refractivity (Wildman–Crippen MR) is 127 cm³/mol. The highest BCUT2D eigenvalue weighted by molar-refractivity contribution is 5.98. The van der Waals surface area contributed by atoms with Gasteiger partial charge in [-0.2, -0.15) is 0 Å². The number of carbonyl (C=O) groups is 1. The molecule has 1 aliphatic heterocycles. The molecule has 2 aromatic heterocycles. The van der Waals surface area contributed by atoms with Crippen LogP contribution < -0.4 is 10.9 Å². The minimum atomic E-state index is -0.399. The van der Waals surface area contributed by atoms with Crippen LogP contribution in [-0.2, 0) is 20.0 Å². The molecule has 7 heteroatoms. The zero-order valence-corrected chi connectivity index (χ0v) is 18.7. The predicted octanol–water partition coefficient (Wildman–Crippen LogP) is 3.77. The van der Waals surface area contributed by atoms with Crippen LogP contribution in [0.25, 0.3) is 10.9 Å². The average molecular weight is 442 g/mol. The number of hydrogen-bond donors (Lipinski definition) is 1. The molecule has 4 aromatic rings. The summed E-state index contributed by atoms with van der Waals surface area (Å²) < 4.78 is 3.71. The van der Waals surface area contributed by atoms with E-state index in [1.165, 1.54) is 0 Å². The number of fused-ring (bicyclic) bond motifs is 2.